The van der Waals surface area contributed by atoms with Crippen molar-refractivity contribution in [2.75, 3.05) is 0 Å². The number of rotatable bonds is 2. The van der Waals surface area contributed by atoms with E-state index in [-0.39, 0.29) is 0 Å². The highest BCUT2D eigenvalue weighted by Gasteiger charge is 2.39. The maximum Gasteiger partial charge on any atom is 0.250 e. The zero-order chi connectivity index (χ0) is 15.1. The van der Waals surface area contributed by atoms with Crippen molar-refractivity contribution in [3.05, 3.63) is 11.8 Å². The van der Waals surface area contributed by atoms with Gasteiger partial charge in [0.15, 0.2) is 0 Å². The Morgan fingerprint density at radius 1 is 0.850 bits per heavy atom. The van der Waals surface area contributed by atoms with E-state index in [1.54, 1.807) is 0 Å². The van der Waals surface area contributed by atoms with E-state index in [2.05, 4.69) is 39.9 Å². The molecule has 0 saturated carbocycles. The number of hydrogen-bond donors (Lipinski definition) is 0. The molecule has 0 spiro atoms. The number of hydrogen-bond acceptors (Lipinski definition) is 1. The molecule has 0 saturated heterocycles. The molecule has 0 unspecified atom stereocenters. The molecule has 1 aliphatic rings. The van der Waals surface area contributed by atoms with Crippen molar-refractivity contribution in [3.8, 4) is 0 Å². The van der Waals surface area contributed by atoms with E-state index in [1.807, 2.05) is 0 Å². The fourth-order valence-corrected chi connectivity index (χ4v) is 3.59. The molecule has 0 heterocycles. The van der Waals surface area contributed by atoms with Gasteiger partial charge < -0.3 is 4.43 Å². The molecule has 0 fully saturated rings. The van der Waals surface area contributed by atoms with E-state index in [4.69, 9.17) is 4.43 Å². The highest BCUT2D eigenvalue weighted by atomic mass is 28.4. The third kappa shape index (κ3) is 6.47. The minimum Gasteiger partial charge on any atom is -0.547 e. The first kappa shape index (κ1) is 17.8. The molecule has 0 radical (unpaired) electrons. The van der Waals surface area contributed by atoms with E-state index < -0.39 is 8.32 Å². The van der Waals surface area contributed by atoms with Crippen LogP contribution in [0, 0.1) is 0 Å². The molecule has 0 aromatic rings. The summed E-state index contributed by atoms with van der Waals surface area (Å²) in [5.41, 5.74) is 0. The van der Waals surface area contributed by atoms with Gasteiger partial charge in [0.2, 0.25) is 8.32 Å². The van der Waals surface area contributed by atoms with Gasteiger partial charge in [0.1, 0.15) is 0 Å². The molecule has 0 amide bonds. The minimum atomic E-state index is -1.65. The Kier molecular flexibility index (Phi) is 7.36. The lowest BCUT2D eigenvalue weighted by Crippen LogP contribution is -2.40. The maximum atomic E-state index is 6.55. The highest BCUT2D eigenvalue weighted by Crippen LogP contribution is 2.38. The molecular formula is C18H36OSi. The predicted octanol–water partition coefficient (Wildman–Crippen LogP) is 6.81. The van der Waals surface area contributed by atoms with Crippen molar-refractivity contribution in [1.29, 1.82) is 0 Å². The Balaban J connectivity index is 2.62. The van der Waals surface area contributed by atoms with Crippen LogP contribution in [0.5, 0.6) is 0 Å². The van der Waals surface area contributed by atoms with Crippen LogP contribution in [0.4, 0.5) is 0 Å². The number of allylic oxidation sites excluding steroid dienone is 2. The molecule has 0 N–H and O–H groups in total. The Bertz CT molecular complexity index is 299. The Labute approximate surface area is 128 Å². The monoisotopic (exact) mass is 296 g/mol. The standard InChI is InChI=1S/C18H36OSi/c1-18(2,3)20(4,5)19-17-15-13-11-9-7-6-8-10-12-14-16-17/h15H,6-14,16H2,1-5H3/b17-15-. The van der Waals surface area contributed by atoms with Crippen molar-refractivity contribution < 1.29 is 4.43 Å². The van der Waals surface area contributed by atoms with Crippen LogP contribution in [0.1, 0.15) is 85.0 Å². The Morgan fingerprint density at radius 3 is 1.90 bits per heavy atom. The van der Waals surface area contributed by atoms with Gasteiger partial charge >= 0.3 is 0 Å². The molecule has 1 nitrogen and oxygen atoms in total. The summed E-state index contributed by atoms with van der Waals surface area (Å²) in [4.78, 5) is 0. The normalized spacial score (nSPS) is 23.1. The molecule has 0 aromatic carbocycles. The van der Waals surface area contributed by atoms with Crippen molar-refractivity contribution in [2.24, 2.45) is 0 Å². The lowest BCUT2D eigenvalue weighted by molar-refractivity contribution is 0.357. The molecule has 0 bridgehead atoms. The summed E-state index contributed by atoms with van der Waals surface area (Å²) in [6, 6.07) is 0. The first-order valence-electron chi connectivity index (χ1n) is 8.71. The van der Waals surface area contributed by atoms with Gasteiger partial charge in [0, 0.05) is 6.42 Å². The summed E-state index contributed by atoms with van der Waals surface area (Å²) < 4.78 is 6.55. The summed E-state index contributed by atoms with van der Waals surface area (Å²) >= 11 is 0. The highest BCUT2D eigenvalue weighted by molar-refractivity contribution is 6.74. The third-order valence-corrected chi connectivity index (χ3v) is 9.33. The van der Waals surface area contributed by atoms with Crippen molar-refractivity contribution in [1.82, 2.24) is 0 Å². The molecule has 2 heteroatoms. The summed E-state index contributed by atoms with van der Waals surface area (Å²) in [6.07, 6.45) is 15.9. The lowest BCUT2D eigenvalue weighted by atomic mass is 10.0. The van der Waals surface area contributed by atoms with Crippen molar-refractivity contribution in [3.63, 3.8) is 0 Å². The molecule has 1 aliphatic carbocycles. The van der Waals surface area contributed by atoms with Crippen LogP contribution in [-0.2, 0) is 4.43 Å². The molecule has 118 valence electrons. The van der Waals surface area contributed by atoms with Gasteiger partial charge in [-0.1, -0.05) is 59.3 Å². The zero-order valence-corrected chi connectivity index (χ0v) is 15.6. The quantitative estimate of drug-likeness (QED) is 0.509. The van der Waals surface area contributed by atoms with Crippen LogP contribution < -0.4 is 0 Å². The second-order valence-electron chi connectivity index (χ2n) is 7.90. The largest absolute Gasteiger partial charge is 0.547 e. The topological polar surface area (TPSA) is 9.23 Å². The smallest absolute Gasteiger partial charge is 0.250 e. The average molecular weight is 297 g/mol. The molecular weight excluding hydrogens is 260 g/mol. The average Bonchev–Trinajstić information content (AvgIpc) is 2.31. The van der Waals surface area contributed by atoms with Gasteiger partial charge in [-0.15, -0.1) is 0 Å². The van der Waals surface area contributed by atoms with Gasteiger partial charge in [0.05, 0.1) is 5.76 Å². The third-order valence-electron chi connectivity index (χ3n) is 4.94. The predicted molar refractivity (Wildman–Crippen MR) is 92.5 cm³/mol. The van der Waals surface area contributed by atoms with Crippen LogP contribution in [0.2, 0.25) is 18.1 Å². The van der Waals surface area contributed by atoms with E-state index in [0.29, 0.717) is 5.04 Å². The molecule has 1 rings (SSSR count). The summed E-state index contributed by atoms with van der Waals surface area (Å²) in [6.45, 7) is 11.7. The van der Waals surface area contributed by atoms with Crippen molar-refractivity contribution in [2.45, 2.75) is 103 Å². The van der Waals surface area contributed by atoms with Crippen LogP contribution >= 0.6 is 0 Å². The fourth-order valence-electron chi connectivity index (χ4n) is 2.44. The van der Waals surface area contributed by atoms with Crippen molar-refractivity contribution >= 4 is 8.32 Å². The lowest BCUT2D eigenvalue weighted by Gasteiger charge is -2.37. The van der Waals surface area contributed by atoms with E-state index in [0.717, 1.165) is 6.42 Å². The second-order valence-corrected chi connectivity index (χ2v) is 12.6. The molecule has 0 atom stereocenters. The first-order chi connectivity index (χ1) is 9.33. The van der Waals surface area contributed by atoms with Crippen LogP contribution in [0.25, 0.3) is 0 Å². The Morgan fingerprint density at radius 2 is 1.35 bits per heavy atom. The van der Waals surface area contributed by atoms with Gasteiger partial charge in [0.25, 0.3) is 0 Å². The van der Waals surface area contributed by atoms with E-state index in [9.17, 15) is 0 Å². The van der Waals surface area contributed by atoms with Gasteiger partial charge in [-0.2, -0.15) is 0 Å². The van der Waals surface area contributed by atoms with Crippen LogP contribution in [0.15, 0.2) is 11.8 Å². The van der Waals surface area contributed by atoms with Gasteiger partial charge in [-0.25, -0.2) is 0 Å². The minimum absolute atomic E-state index is 0.303. The molecule has 20 heavy (non-hydrogen) atoms. The molecule has 0 aromatic heterocycles. The Hall–Kier alpha value is -0.243. The van der Waals surface area contributed by atoms with Gasteiger partial charge in [-0.3, -0.25) is 0 Å². The maximum absolute atomic E-state index is 6.55. The van der Waals surface area contributed by atoms with E-state index >= 15 is 0 Å². The summed E-state index contributed by atoms with van der Waals surface area (Å²) in [7, 11) is -1.65. The SMILES string of the molecule is CC(C)(C)[Si](C)(C)O/C1=C\CCCCCCCCCC1. The fraction of sp³-hybridized carbons (Fsp3) is 0.889. The van der Waals surface area contributed by atoms with E-state index in [1.165, 1.54) is 63.5 Å². The first-order valence-corrected chi connectivity index (χ1v) is 11.6. The second kappa shape index (κ2) is 8.26. The van der Waals surface area contributed by atoms with Gasteiger partial charge in [-0.05, 0) is 43.5 Å². The van der Waals surface area contributed by atoms with Crippen LogP contribution in [0.3, 0.4) is 0 Å². The van der Waals surface area contributed by atoms with Crippen LogP contribution in [-0.4, -0.2) is 8.32 Å². The molecule has 0 aliphatic heterocycles. The zero-order valence-electron chi connectivity index (χ0n) is 14.6. The summed E-state index contributed by atoms with van der Waals surface area (Å²) in [5, 5.41) is 0.303. The summed E-state index contributed by atoms with van der Waals surface area (Å²) in [5.74, 6) is 1.30.